The summed E-state index contributed by atoms with van der Waals surface area (Å²) in [7, 11) is 0. The minimum Gasteiger partial charge on any atom is -0.461 e. The van der Waals surface area contributed by atoms with Crippen LogP contribution in [0, 0.1) is 0 Å². The number of imidazole rings is 1. The number of carbonyl (C=O) groups excluding carboxylic acids is 1. The van der Waals surface area contributed by atoms with Crippen LogP contribution < -0.4 is 0 Å². The van der Waals surface area contributed by atoms with Crippen molar-refractivity contribution in [3.05, 3.63) is 30.9 Å². The highest BCUT2D eigenvalue weighted by Crippen LogP contribution is 2.03. The van der Waals surface area contributed by atoms with E-state index < -0.39 is 0 Å². The first-order valence-corrected chi connectivity index (χ1v) is 5.65. The van der Waals surface area contributed by atoms with Crippen molar-refractivity contribution in [2.75, 3.05) is 19.8 Å². The highest BCUT2D eigenvalue weighted by Gasteiger charge is 2.11. The van der Waals surface area contributed by atoms with Crippen molar-refractivity contribution in [2.24, 2.45) is 0 Å². The average molecular weight is 238 g/mol. The van der Waals surface area contributed by atoms with Crippen molar-refractivity contribution in [1.29, 1.82) is 0 Å². The lowest BCUT2D eigenvalue weighted by atomic mass is 10.4. The van der Waals surface area contributed by atoms with Crippen molar-refractivity contribution in [2.45, 2.75) is 19.9 Å². The first-order chi connectivity index (χ1) is 8.29. The van der Waals surface area contributed by atoms with Crippen LogP contribution in [-0.4, -0.2) is 35.3 Å². The molecule has 0 fully saturated rings. The van der Waals surface area contributed by atoms with Gasteiger partial charge in [0, 0.05) is 13.2 Å². The van der Waals surface area contributed by atoms with Crippen LogP contribution in [0.15, 0.2) is 25.2 Å². The maximum atomic E-state index is 11.5. The molecular formula is C12H18N2O3. The molecule has 5 heteroatoms. The van der Waals surface area contributed by atoms with Crippen molar-refractivity contribution in [3.63, 3.8) is 0 Å². The molecule has 0 spiro atoms. The van der Waals surface area contributed by atoms with E-state index in [9.17, 15) is 4.79 Å². The zero-order valence-electron chi connectivity index (χ0n) is 10.1. The van der Waals surface area contributed by atoms with Gasteiger partial charge in [-0.05, 0) is 13.3 Å². The van der Waals surface area contributed by atoms with Gasteiger partial charge in [0.15, 0.2) is 0 Å². The third-order valence-electron chi connectivity index (χ3n) is 2.12. The summed E-state index contributed by atoms with van der Waals surface area (Å²) in [5.41, 5.74) is 0.482. The first kappa shape index (κ1) is 13.4. The van der Waals surface area contributed by atoms with E-state index in [0.717, 1.165) is 6.42 Å². The van der Waals surface area contributed by atoms with Crippen molar-refractivity contribution in [1.82, 2.24) is 9.55 Å². The Labute approximate surface area is 101 Å². The average Bonchev–Trinajstić information content (AvgIpc) is 2.77. The first-order valence-electron chi connectivity index (χ1n) is 5.65. The molecule has 1 aromatic heterocycles. The Morgan fingerprint density at radius 3 is 3.18 bits per heavy atom. The quantitative estimate of drug-likeness (QED) is 0.392. The van der Waals surface area contributed by atoms with E-state index in [-0.39, 0.29) is 5.97 Å². The SMILES string of the molecule is C=CCOCCCn1cncc1C(=O)OCC. The third kappa shape index (κ3) is 4.40. The van der Waals surface area contributed by atoms with Crippen molar-refractivity contribution < 1.29 is 14.3 Å². The van der Waals surface area contributed by atoms with Crippen LogP contribution in [0.5, 0.6) is 0 Å². The number of aromatic nitrogens is 2. The number of esters is 1. The minimum atomic E-state index is -0.336. The van der Waals surface area contributed by atoms with Crippen LogP contribution >= 0.6 is 0 Å². The van der Waals surface area contributed by atoms with E-state index in [1.165, 1.54) is 6.20 Å². The van der Waals surface area contributed by atoms with Crippen LogP contribution in [0.4, 0.5) is 0 Å². The van der Waals surface area contributed by atoms with Crippen LogP contribution in [0.2, 0.25) is 0 Å². The van der Waals surface area contributed by atoms with Gasteiger partial charge in [-0.15, -0.1) is 6.58 Å². The number of aryl methyl sites for hydroxylation is 1. The number of rotatable bonds is 8. The number of ether oxygens (including phenoxy) is 2. The van der Waals surface area contributed by atoms with E-state index in [2.05, 4.69) is 11.6 Å². The number of hydrogen-bond acceptors (Lipinski definition) is 4. The zero-order chi connectivity index (χ0) is 12.5. The molecule has 0 N–H and O–H groups in total. The Morgan fingerprint density at radius 1 is 1.65 bits per heavy atom. The number of carbonyl (C=O) groups is 1. The van der Waals surface area contributed by atoms with Gasteiger partial charge in [-0.2, -0.15) is 0 Å². The van der Waals surface area contributed by atoms with Gasteiger partial charge >= 0.3 is 5.97 Å². The highest BCUT2D eigenvalue weighted by molar-refractivity contribution is 5.87. The predicted molar refractivity (Wildman–Crippen MR) is 63.8 cm³/mol. The predicted octanol–water partition coefficient (Wildman–Crippen LogP) is 1.65. The molecule has 5 nitrogen and oxygen atoms in total. The molecular weight excluding hydrogens is 220 g/mol. The third-order valence-corrected chi connectivity index (χ3v) is 2.12. The second kappa shape index (κ2) is 7.62. The largest absolute Gasteiger partial charge is 0.461 e. The normalized spacial score (nSPS) is 10.2. The molecule has 0 saturated heterocycles. The molecule has 0 atom stereocenters. The fourth-order valence-corrected chi connectivity index (χ4v) is 1.38. The van der Waals surface area contributed by atoms with E-state index >= 15 is 0 Å². The van der Waals surface area contributed by atoms with Crippen LogP contribution in [0.1, 0.15) is 23.8 Å². The monoisotopic (exact) mass is 238 g/mol. The Morgan fingerprint density at radius 2 is 2.47 bits per heavy atom. The molecule has 1 aromatic rings. The van der Waals surface area contributed by atoms with E-state index in [0.29, 0.717) is 32.1 Å². The van der Waals surface area contributed by atoms with Gasteiger partial charge in [-0.3, -0.25) is 0 Å². The molecule has 1 rings (SSSR count). The lowest BCUT2D eigenvalue weighted by Crippen LogP contribution is -2.12. The highest BCUT2D eigenvalue weighted by atomic mass is 16.5. The van der Waals surface area contributed by atoms with Gasteiger partial charge in [0.2, 0.25) is 0 Å². The molecule has 0 unspecified atom stereocenters. The lowest BCUT2D eigenvalue weighted by molar-refractivity contribution is 0.0512. The minimum absolute atomic E-state index is 0.336. The van der Waals surface area contributed by atoms with E-state index in [1.807, 2.05) is 0 Å². The number of hydrogen-bond donors (Lipinski definition) is 0. The Kier molecular flexibility index (Phi) is 6.03. The van der Waals surface area contributed by atoms with E-state index in [4.69, 9.17) is 9.47 Å². The van der Waals surface area contributed by atoms with Gasteiger partial charge in [0.05, 0.1) is 25.7 Å². The van der Waals surface area contributed by atoms with Gasteiger partial charge in [0.25, 0.3) is 0 Å². The van der Waals surface area contributed by atoms with Crippen LogP contribution in [0.25, 0.3) is 0 Å². The smallest absolute Gasteiger partial charge is 0.356 e. The topological polar surface area (TPSA) is 53.4 Å². The molecule has 0 aliphatic carbocycles. The molecule has 0 saturated carbocycles. The summed E-state index contributed by atoms with van der Waals surface area (Å²) < 4.78 is 12.0. The molecule has 0 aliphatic rings. The fraction of sp³-hybridized carbons (Fsp3) is 0.500. The van der Waals surface area contributed by atoms with Crippen molar-refractivity contribution in [3.8, 4) is 0 Å². The maximum absolute atomic E-state index is 11.5. The summed E-state index contributed by atoms with van der Waals surface area (Å²) in [6.45, 7) is 7.58. The van der Waals surface area contributed by atoms with Gasteiger partial charge in [-0.1, -0.05) is 6.08 Å². The standard InChI is InChI=1S/C12H18N2O3/c1-3-7-16-8-5-6-14-10-13-9-11(14)12(15)17-4-2/h3,9-10H,1,4-8H2,2H3. The molecule has 0 bridgehead atoms. The summed E-state index contributed by atoms with van der Waals surface area (Å²) in [6, 6.07) is 0. The van der Waals surface area contributed by atoms with Gasteiger partial charge in [0.1, 0.15) is 5.69 Å². The lowest BCUT2D eigenvalue weighted by Gasteiger charge is -2.07. The second-order valence-corrected chi connectivity index (χ2v) is 3.41. The van der Waals surface area contributed by atoms with Gasteiger partial charge in [-0.25, -0.2) is 9.78 Å². The fourth-order valence-electron chi connectivity index (χ4n) is 1.38. The Bertz CT molecular complexity index is 360. The Balaban J connectivity index is 2.40. The molecule has 0 aliphatic heterocycles. The van der Waals surface area contributed by atoms with Crippen molar-refractivity contribution >= 4 is 5.97 Å². The van der Waals surface area contributed by atoms with E-state index in [1.54, 1.807) is 23.9 Å². The summed E-state index contributed by atoms with van der Waals surface area (Å²) in [5.74, 6) is -0.336. The van der Waals surface area contributed by atoms with Gasteiger partial charge < -0.3 is 14.0 Å². The maximum Gasteiger partial charge on any atom is 0.356 e. The molecule has 0 aromatic carbocycles. The number of nitrogens with zero attached hydrogens (tertiary/aromatic N) is 2. The van der Waals surface area contributed by atoms with Crippen LogP contribution in [-0.2, 0) is 16.0 Å². The molecule has 0 radical (unpaired) electrons. The summed E-state index contributed by atoms with van der Waals surface area (Å²) in [5, 5.41) is 0. The summed E-state index contributed by atoms with van der Waals surface area (Å²) in [4.78, 5) is 15.5. The molecule has 94 valence electrons. The Hall–Kier alpha value is -1.62. The molecule has 17 heavy (non-hydrogen) atoms. The summed E-state index contributed by atoms with van der Waals surface area (Å²) in [6.07, 6.45) is 5.67. The zero-order valence-corrected chi connectivity index (χ0v) is 10.1. The van der Waals surface area contributed by atoms with Crippen LogP contribution in [0.3, 0.4) is 0 Å². The molecule has 0 amide bonds. The molecule has 1 heterocycles. The second-order valence-electron chi connectivity index (χ2n) is 3.41. The summed E-state index contributed by atoms with van der Waals surface area (Å²) >= 11 is 0.